The first-order valence-corrected chi connectivity index (χ1v) is 7.40. The lowest BCUT2D eigenvalue weighted by molar-refractivity contribution is -0.0993. The van der Waals surface area contributed by atoms with Crippen LogP contribution in [0.4, 0.5) is 4.39 Å². The van der Waals surface area contributed by atoms with Crippen LogP contribution in [-0.2, 0) is 9.47 Å². The number of halogens is 1. The number of benzene rings is 1. The zero-order valence-corrected chi connectivity index (χ0v) is 12.5. The van der Waals surface area contributed by atoms with Gasteiger partial charge in [-0.1, -0.05) is 0 Å². The topological polar surface area (TPSA) is 78.0 Å². The highest BCUT2D eigenvalue weighted by Crippen LogP contribution is 2.21. The van der Waals surface area contributed by atoms with Crippen LogP contribution in [0.15, 0.2) is 47.5 Å². The van der Waals surface area contributed by atoms with E-state index in [1.54, 1.807) is 30.6 Å². The average molecular weight is 331 g/mol. The van der Waals surface area contributed by atoms with Gasteiger partial charge in [0.15, 0.2) is 12.5 Å². The maximum Gasteiger partial charge on any atom is 0.336 e. The Morgan fingerprint density at radius 1 is 1.29 bits per heavy atom. The van der Waals surface area contributed by atoms with Gasteiger partial charge in [-0.25, -0.2) is 14.2 Å². The van der Waals surface area contributed by atoms with Crippen molar-refractivity contribution in [2.24, 2.45) is 0 Å². The van der Waals surface area contributed by atoms with E-state index in [1.165, 1.54) is 21.1 Å². The van der Waals surface area contributed by atoms with Crippen molar-refractivity contribution >= 4 is 5.65 Å². The number of hydrogen-bond donors (Lipinski definition) is 1. The van der Waals surface area contributed by atoms with Crippen LogP contribution in [0.2, 0.25) is 0 Å². The van der Waals surface area contributed by atoms with Gasteiger partial charge in [0.2, 0.25) is 0 Å². The Hall–Kier alpha value is -2.55. The van der Waals surface area contributed by atoms with Crippen LogP contribution in [0, 0.1) is 5.82 Å². The van der Waals surface area contributed by atoms with Crippen LogP contribution in [0.25, 0.3) is 16.9 Å². The number of aliphatic hydroxyl groups is 1. The quantitative estimate of drug-likeness (QED) is 0.779. The lowest BCUT2D eigenvalue weighted by Crippen LogP contribution is -2.30. The van der Waals surface area contributed by atoms with Crippen molar-refractivity contribution < 1.29 is 19.0 Å². The van der Waals surface area contributed by atoms with Crippen LogP contribution < -0.4 is 5.69 Å². The Morgan fingerprint density at radius 3 is 2.79 bits per heavy atom. The molecule has 1 N–H and O–H groups in total. The average Bonchev–Trinajstić information content (AvgIpc) is 3.23. The van der Waals surface area contributed by atoms with Crippen molar-refractivity contribution in [3.05, 3.63) is 59.0 Å². The summed E-state index contributed by atoms with van der Waals surface area (Å²) in [6, 6.07) is 7.58. The summed E-state index contributed by atoms with van der Waals surface area (Å²) in [5, 5.41) is 9.04. The summed E-state index contributed by atoms with van der Waals surface area (Å²) in [7, 11) is 0. The molecule has 0 spiro atoms. The van der Waals surface area contributed by atoms with E-state index in [1.807, 2.05) is 0 Å². The minimum Gasteiger partial charge on any atom is -0.391 e. The molecule has 0 amide bonds. The Balaban J connectivity index is 1.74. The van der Waals surface area contributed by atoms with Crippen molar-refractivity contribution in [3.63, 3.8) is 0 Å². The second-order valence-corrected chi connectivity index (χ2v) is 5.40. The lowest BCUT2D eigenvalue weighted by atomic mass is 10.2. The van der Waals surface area contributed by atoms with Crippen LogP contribution in [0.5, 0.6) is 0 Å². The first kappa shape index (κ1) is 15.0. The molecule has 3 heterocycles. The SMILES string of the molecule is O=c1n([C@H]2CO[C@H](CO)O2)ccc2nc(-c3ccc(F)cc3)cn12. The number of hydrogen-bond acceptors (Lipinski definition) is 5. The summed E-state index contributed by atoms with van der Waals surface area (Å²) in [4.78, 5) is 17.0. The zero-order chi connectivity index (χ0) is 16.7. The van der Waals surface area contributed by atoms with E-state index in [0.29, 0.717) is 16.9 Å². The zero-order valence-electron chi connectivity index (χ0n) is 12.5. The Morgan fingerprint density at radius 2 is 2.08 bits per heavy atom. The molecular formula is C16H14FN3O4. The molecule has 24 heavy (non-hydrogen) atoms. The molecule has 124 valence electrons. The monoisotopic (exact) mass is 331 g/mol. The van der Waals surface area contributed by atoms with E-state index in [9.17, 15) is 9.18 Å². The number of ether oxygens (including phenoxy) is 2. The molecule has 1 aliphatic heterocycles. The number of imidazole rings is 1. The molecule has 8 heteroatoms. The summed E-state index contributed by atoms with van der Waals surface area (Å²) in [6.45, 7) is -0.0938. The van der Waals surface area contributed by atoms with Crippen molar-refractivity contribution in [2.45, 2.75) is 12.5 Å². The highest BCUT2D eigenvalue weighted by Gasteiger charge is 2.27. The number of nitrogens with zero attached hydrogens (tertiary/aromatic N) is 3. The summed E-state index contributed by atoms with van der Waals surface area (Å²) < 4.78 is 26.5. The summed E-state index contributed by atoms with van der Waals surface area (Å²) >= 11 is 0. The van der Waals surface area contributed by atoms with Crippen molar-refractivity contribution in [3.8, 4) is 11.3 Å². The van der Waals surface area contributed by atoms with Gasteiger partial charge in [0, 0.05) is 18.0 Å². The molecule has 0 bridgehead atoms. The number of aliphatic hydroxyl groups excluding tert-OH is 1. The molecule has 7 nitrogen and oxygen atoms in total. The van der Waals surface area contributed by atoms with Crippen LogP contribution in [0.3, 0.4) is 0 Å². The van der Waals surface area contributed by atoms with Gasteiger partial charge in [0.05, 0.1) is 18.9 Å². The largest absolute Gasteiger partial charge is 0.391 e. The maximum atomic E-state index is 13.0. The molecule has 0 saturated carbocycles. The van der Waals surface area contributed by atoms with Gasteiger partial charge in [0.1, 0.15) is 11.5 Å². The fourth-order valence-corrected chi connectivity index (χ4v) is 2.66. The van der Waals surface area contributed by atoms with E-state index < -0.39 is 12.5 Å². The number of aromatic nitrogens is 3. The van der Waals surface area contributed by atoms with Gasteiger partial charge in [-0.2, -0.15) is 0 Å². The van der Waals surface area contributed by atoms with Crippen LogP contribution in [-0.4, -0.2) is 38.6 Å². The van der Waals surface area contributed by atoms with Crippen molar-refractivity contribution in [1.29, 1.82) is 0 Å². The molecule has 0 aliphatic carbocycles. The van der Waals surface area contributed by atoms with Crippen LogP contribution >= 0.6 is 0 Å². The molecule has 0 unspecified atom stereocenters. The van der Waals surface area contributed by atoms with Gasteiger partial charge >= 0.3 is 5.69 Å². The van der Waals surface area contributed by atoms with Gasteiger partial charge in [-0.3, -0.25) is 8.97 Å². The summed E-state index contributed by atoms with van der Waals surface area (Å²) in [6.07, 6.45) is 1.85. The molecule has 1 aromatic carbocycles. The minimum absolute atomic E-state index is 0.177. The first-order chi connectivity index (χ1) is 11.7. The minimum atomic E-state index is -0.727. The highest BCUT2D eigenvalue weighted by atomic mass is 19.1. The van der Waals surface area contributed by atoms with Gasteiger partial charge in [-0.15, -0.1) is 0 Å². The summed E-state index contributed by atoms with van der Waals surface area (Å²) in [5.41, 5.74) is 1.43. The standard InChI is InChI=1S/C16H14FN3O4/c17-11-3-1-10(2-4-11)12-7-20-13(18-12)5-6-19(16(20)22)14-9-23-15(8-21)24-14/h1-7,14-15,21H,8-9H2/t14-,15+/m1/s1. The molecule has 2 atom stereocenters. The molecule has 0 radical (unpaired) electrons. The third-order valence-electron chi connectivity index (χ3n) is 3.88. The van der Waals surface area contributed by atoms with E-state index in [0.717, 1.165) is 0 Å². The van der Waals surface area contributed by atoms with E-state index >= 15 is 0 Å². The van der Waals surface area contributed by atoms with E-state index in [-0.39, 0.29) is 24.7 Å². The smallest absolute Gasteiger partial charge is 0.336 e. The molecule has 1 saturated heterocycles. The van der Waals surface area contributed by atoms with Gasteiger partial charge < -0.3 is 14.6 Å². The number of rotatable bonds is 3. The van der Waals surface area contributed by atoms with Crippen molar-refractivity contribution in [2.75, 3.05) is 13.2 Å². The van der Waals surface area contributed by atoms with Crippen molar-refractivity contribution in [1.82, 2.24) is 14.0 Å². The fourth-order valence-electron chi connectivity index (χ4n) is 2.66. The lowest BCUT2D eigenvalue weighted by Gasteiger charge is -2.12. The summed E-state index contributed by atoms with van der Waals surface area (Å²) in [5.74, 6) is -0.332. The first-order valence-electron chi connectivity index (χ1n) is 7.40. The van der Waals surface area contributed by atoms with Crippen LogP contribution in [0.1, 0.15) is 6.23 Å². The highest BCUT2D eigenvalue weighted by molar-refractivity contribution is 5.62. The molecule has 1 fully saturated rings. The maximum absolute atomic E-state index is 13.0. The van der Waals surface area contributed by atoms with Gasteiger partial charge in [-0.05, 0) is 30.3 Å². The third kappa shape index (κ3) is 2.50. The Labute approximate surface area is 135 Å². The second-order valence-electron chi connectivity index (χ2n) is 5.40. The molecule has 4 rings (SSSR count). The fraction of sp³-hybridized carbons (Fsp3) is 0.250. The van der Waals surface area contributed by atoms with E-state index in [2.05, 4.69) is 4.98 Å². The third-order valence-corrected chi connectivity index (χ3v) is 3.88. The molecule has 1 aliphatic rings. The predicted octanol–water partition coefficient (Wildman–Crippen LogP) is 1.17. The van der Waals surface area contributed by atoms with E-state index in [4.69, 9.17) is 14.6 Å². The molecule has 3 aromatic rings. The molecule has 2 aromatic heterocycles. The Kier molecular flexibility index (Phi) is 3.64. The normalized spacial score (nSPS) is 20.8. The molecular weight excluding hydrogens is 317 g/mol. The second kappa shape index (κ2) is 5.82. The van der Waals surface area contributed by atoms with Gasteiger partial charge in [0.25, 0.3) is 0 Å². The Bertz CT molecular complexity index is 935. The number of fused-ring (bicyclic) bond motifs is 1. The predicted molar refractivity (Wildman–Crippen MR) is 81.8 cm³/mol.